The van der Waals surface area contributed by atoms with Crippen molar-refractivity contribution in [3.05, 3.63) is 35.4 Å². The molecule has 90 valence electrons. The minimum absolute atomic E-state index is 0.0933. The monoisotopic (exact) mass is 313 g/mol. The standard InChI is InChI=1S/C12H13BrNO2P/c13-7-9-3-1-2-8(4-9)5-10-6-11(15)14(17)12(10)16/h1-4,10H,5-7,17H2. The molecule has 2 atom stereocenters. The number of carbonyl (C=O) groups excluding carboxylic acids is 2. The summed E-state index contributed by atoms with van der Waals surface area (Å²) in [6, 6.07) is 8.07. The summed E-state index contributed by atoms with van der Waals surface area (Å²) in [7, 11) is 2.19. The Morgan fingerprint density at radius 1 is 1.35 bits per heavy atom. The first-order valence-electron chi connectivity index (χ1n) is 5.37. The van der Waals surface area contributed by atoms with Gasteiger partial charge in [0, 0.05) is 11.8 Å². The van der Waals surface area contributed by atoms with E-state index in [1.807, 2.05) is 18.2 Å². The minimum Gasteiger partial charge on any atom is -0.274 e. The smallest absolute Gasteiger partial charge is 0.236 e. The lowest BCUT2D eigenvalue weighted by molar-refractivity contribution is -0.132. The number of benzene rings is 1. The second-order valence-electron chi connectivity index (χ2n) is 4.16. The zero-order chi connectivity index (χ0) is 12.4. The summed E-state index contributed by atoms with van der Waals surface area (Å²) in [6.07, 6.45) is 0.956. The zero-order valence-corrected chi connectivity index (χ0v) is 12.0. The average Bonchev–Trinajstić information content (AvgIpc) is 2.57. The molecule has 1 aliphatic rings. The van der Waals surface area contributed by atoms with Crippen LogP contribution in [0.3, 0.4) is 0 Å². The van der Waals surface area contributed by atoms with E-state index >= 15 is 0 Å². The highest BCUT2D eigenvalue weighted by Crippen LogP contribution is 2.26. The van der Waals surface area contributed by atoms with Crippen LogP contribution in [0.15, 0.2) is 24.3 Å². The maximum absolute atomic E-state index is 11.7. The fraction of sp³-hybridized carbons (Fsp3) is 0.333. The van der Waals surface area contributed by atoms with Crippen LogP contribution in [0.1, 0.15) is 17.5 Å². The Morgan fingerprint density at radius 3 is 2.65 bits per heavy atom. The molecule has 0 aliphatic carbocycles. The maximum atomic E-state index is 11.7. The number of hydrogen-bond acceptors (Lipinski definition) is 2. The van der Waals surface area contributed by atoms with Gasteiger partial charge >= 0.3 is 0 Å². The van der Waals surface area contributed by atoms with Crippen molar-refractivity contribution in [3.63, 3.8) is 0 Å². The van der Waals surface area contributed by atoms with E-state index in [-0.39, 0.29) is 17.7 Å². The van der Waals surface area contributed by atoms with E-state index in [0.717, 1.165) is 15.6 Å². The van der Waals surface area contributed by atoms with E-state index in [2.05, 4.69) is 31.4 Å². The Kier molecular flexibility index (Phi) is 3.95. The lowest BCUT2D eigenvalue weighted by atomic mass is 9.97. The molecule has 2 rings (SSSR count). The van der Waals surface area contributed by atoms with Crippen LogP contribution >= 0.6 is 25.3 Å². The van der Waals surface area contributed by atoms with E-state index in [0.29, 0.717) is 12.8 Å². The topological polar surface area (TPSA) is 37.4 Å². The highest BCUT2D eigenvalue weighted by Gasteiger charge is 2.35. The lowest BCUT2D eigenvalue weighted by Crippen LogP contribution is -2.20. The molecule has 0 bridgehead atoms. The number of rotatable bonds is 3. The molecule has 1 saturated heterocycles. The van der Waals surface area contributed by atoms with Gasteiger partial charge in [-0.1, -0.05) is 40.2 Å². The number of nitrogens with zero attached hydrogens (tertiary/aromatic N) is 1. The van der Waals surface area contributed by atoms with Crippen molar-refractivity contribution in [3.8, 4) is 0 Å². The van der Waals surface area contributed by atoms with Gasteiger partial charge in [-0.15, -0.1) is 0 Å². The van der Waals surface area contributed by atoms with Crippen molar-refractivity contribution in [1.29, 1.82) is 0 Å². The first-order valence-corrected chi connectivity index (χ1v) is 7.01. The molecule has 3 nitrogen and oxygen atoms in total. The molecular weight excluding hydrogens is 301 g/mol. The van der Waals surface area contributed by atoms with Crippen LogP contribution in [0.4, 0.5) is 0 Å². The van der Waals surface area contributed by atoms with Crippen molar-refractivity contribution >= 4 is 37.1 Å². The van der Waals surface area contributed by atoms with E-state index in [1.54, 1.807) is 0 Å². The second-order valence-corrected chi connectivity index (χ2v) is 5.24. The number of alkyl halides is 1. The number of carbonyl (C=O) groups is 2. The van der Waals surface area contributed by atoms with Gasteiger partial charge in [-0.05, 0) is 26.9 Å². The predicted molar refractivity (Wildman–Crippen MR) is 72.4 cm³/mol. The summed E-state index contributed by atoms with van der Waals surface area (Å²) in [5.74, 6) is -0.406. The third-order valence-electron chi connectivity index (χ3n) is 2.90. The fourth-order valence-corrected chi connectivity index (χ4v) is 2.66. The van der Waals surface area contributed by atoms with Crippen molar-refractivity contribution in [2.75, 3.05) is 0 Å². The molecule has 1 aromatic rings. The van der Waals surface area contributed by atoms with Crippen LogP contribution in [-0.2, 0) is 21.3 Å². The lowest BCUT2D eigenvalue weighted by Gasteiger charge is -2.09. The van der Waals surface area contributed by atoms with Crippen LogP contribution < -0.4 is 0 Å². The van der Waals surface area contributed by atoms with Gasteiger partial charge in [0.15, 0.2) is 0 Å². The highest BCUT2D eigenvalue weighted by atomic mass is 79.9. The van der Waals surface area contributed by atoms with Gasteiger partial charge in [0.05, 0.1) is 5.92 Å². The molecule has 5 heteroatoms. The maximum Gasteiger partial charge on any atom is 0.236 e. The van der Waals surface area contributed by atoms with Gasteiger partial charge in [-0.25, -0.2) is 0 Å². The number of imide groups is 1. The SMILES string of the molecule is O=C1CC(Cc2cccc(CBr)c2)C(=O)N1P. The largest absolute Gasteiger partial charge is 0.274 e. The molecule has 2 amide bonds. The predicted octanol–water partition coefficient (Wildman–Crippen LogP) is 2.29. The molecule has 0 spiro atoms. The van der Waals surface area contributed by atoms with Crippen molar-refractivity contribution in [2.45, 2.75) is 18.2 Å². The fourth-order valence-electron chi connectivity index (χ4n) is 2.00. The molecule has 17 heavy (non-hydrogen) atoms. The molecule has 2 unspecified atom stereocenters. The van der Waals surface area contributed by atoms with Crippen molar-refractivity contribution in [2.24, 2.45) is 5.92 Å². The molecule has 1 aromatic carbocycles. The Labute approximate surface area is 111 Å². The Hall–Kier alpha value is -0.730. The van der Waals surface area contributed by atoms with Gasteiger partial charge in [-0.2, -0.15) is 0 Å². The van der Waals surface area contributed by atoms with Crippen molar-refractivity contribution in [1.82, 2.24) is 4.67 Å². The molecular formula is C12H13BrNO2P. The van der Waals surface area contributed by atoms with Gasteiger partial charge < -0.3 is 0 Å². The quantitative estimate of drug-likeness (QED) is 0.488. The third-order valence-corrected chi connectivity index (χ3v) is 4.09. The average molecular weight is 314 g/mol. The number of amides is 2. The second kappa shape index (κ2) is 5.28. The van der Waals surface area contributed by atoms with Crippen LogP contribution in [0.5, 0.6) is 0 Å². The number of hydrogen-bond donors (Lipinski definition) is 0. The summed E-state index contributed by atoms with van der Waals surface area (Å²) in [5, 5.41) is 0.800. The van der Waals surface area contributed by atoms with Gasteiger partial charge in [0.2, 0.25) is 11.8 Å². The summed E-state index contributed by atoms with van der Waals surface area (Å²) in [4.78, 5) is 23.1. The summed E-state index contributed by atoms with van der Waals surface area (Å²) < 4.78 is 1.15. The summed E-state index contributed by atoms with van der Waals surface area (Å²) in [6.45, 7) is 0. The van der Waals surface area contributed by atoms with Crippen LogP contribution in [0, 0.1) is 5.92 Å². The van der Waals surface area contributed by atoms with E-state index in [1.165, 1.54) is 5.56 Å². The van der Waals surface area contributed by atoms with Crippen LogP contribution in [0.2, 0.25) is 0 Å². The first-order chi connectivity index (χ1) is 8.11. The van der Waals surface area contributed by atoms with Crippen molar-refractivity contribution < 1.29 is 9.59 Å². The molecule has 1 fully saturated rings. The molecule has 0 N–H and O–H groups in total. The minimum atomic E-state index is -0.203. The van der Waals surface area contributed by atoms with E-state index in [9.17, 15) is 9.59 Å². The molecule has 1 heterocycles. The van der Waals surface area contributed by atoms with Crippen LogP contribution in [0.25, 0.3) is 0 Å². The normalized spacial score (nSPS) is 20.1. The zero-order valence-electron chi connectivity index (χ0n) is 9.23. The molecule has 0 radical (unpaired) electrons. The van der Waals surface area contributed by atoms with Crippen LogP contribution in [-0.4, -0.2) is 16.5 Å². The Morgan fingerprint density at radius 2 is 2.06 bits per heavy atom. The van der Waals surface area contributed by atoms with Gasteiger partial charge in [0.25, 0.3) is 0 Å². The molecule has 0 saturated carbocycles. The van der Waals surface area contributed by atoms with Gasteiger partial charge in [0.1, 0.15) is 0 Å². The first kappa shape index (κ1) is 12.7. The van der Waals surface area contributed by atoms with E-state index in [4.69, 9.17) is 0 Å². The third kappa shape index (κ3) is 2.75. The molecule has 0 aromatic heterocycles. The highest BCUT2D eigenvalue weighted by molar-refractivity contribution is 9.08. The Bertz CT molecular complexity index is 464. The Balaban J connectivity index is 2.11. The number of halogens is 1. The summed E-state index contributed by atoms with van der Waals surface area (Å²) >= 11 is 3.40. The van der Waals surface area contributed by atoms with E-state index < -0.39 is 0 Å². The molecule has 1 aliphatic heterocycles. The van der Waals surface area contributed by atoms with Gasteiger partial charge in [-0.3, -0.25) is 14.3 Å². The summed E-state index contributed by atoms with van der Waals surface area (Å²) in [5.41, 5.74) is 2.29.